The minimum atomic E-state index is 0.394. The van der Waals surface area contributed by atoms with Gasteiger partial charge in [-0.15, -0.1) is 0 Å². The molecule has 0 saturated heterocycles. The summed E-state index contributed by atoms with van der Waals surface area (Å²) < 4.78 is 0. The van der Waals surface area contributed by atoms with Crippen molar-refractivity contribution in [2.24, 2.45) is 23.2 Å². The van der Waals surface area contributed by atoms with Crippen LogP contribution in [0.1, 0.15) is 40.0 Å². The Hall–Kier alpha value is -0.330. The summed E-state index contributed by atoms with van der Waals surface area (Å²) in [7, 11) is 0. The summed E-state index contributed by atoms with van der Waals surface area (Å²) in [6.07, 6.45) is 3.24. The van der Waals surface area contributed by atoms with Gasteiger partial charge in [0.25, 0.3) is 0 Å². The van der Waals surface area contributed by atoms with Crippen LogP contribution in [0.25, 0.3) is 0 Å². The molecular formula is C11H18O. The van der Waals surface area contributed by atoms with Gasteiger partial charge in [-0.25, -0.2) is 0 Å². The molecule has 0 aliphatic heterocycles. The van der Waals surface area contributed by atoms with Gasteiger partial charge in [-0.3, -0.25) is 4.79 Å². The van der Waals surface area contributed by atoms with E-state index in [-0.39, 0.29) is 0 Å². The average molecular weight is 166 g/mol. The summed E-state index contributed by atoms with van der Waals surface area (Å²) >= 11 is 0. The monoisotopic (exact) mass is 166 g/mol. The molecule has 3 rings (SSSR count). The van der Waals surface area contributed by atoms with E-state index in [4.69, 9.17) is 0 Å². The fourth-order valence-electron chi connectivity index (χ4n) is 3.22. The van der Waals surface area contributed by atoms with Crippen LogP contribution in [-0.2, 0) is 4.79 Å². The first-order chi connectivity index (χ1) is 5.57. The summed E-state index contributed by atoms with van der Waals surface area (Å²) in [5, 5.41) is 0. The lowest BCUT2D eigenvalue weighted by atomic mass is 9.45. The van der Waals surface area contributed by atoms with Crippen molar-refractivity contribution in [1.29, 1.82) is 0 Å². The highest BCUT2D eigenvalue weighted by Crippen LogP contribution is 2.60. The number of ketones is 1. The van der Waals surface area contributed by atoms with Gasteiger partial charge in [0, 0.05) is 12.3 Å². The Labute approximate surface area is 74.5 Å². The van der Waals surface area contributed by atoms with E-state index in [0.717, 1.165) is 12.8 Å². The largest absolute Gasteiger partial charge is 0.299 e. The molecule has 0 aromatic carbocycles. The normalized spacial score (nSPS) is 43.9. The second kappa shape index (κ2) is 2.34. The van der Waals surface area contributed by atoms with Gasteiger partial charge < -0.3 is 0 Å². The molecule has 3 atom stereocenters. The van der Waals surface area contributed by atoms with Gasteiger partial charge in [-0.2, -0.15) is 0 Å². The number of carbonyl (C=O) groups excluding carboxylic acids is 1. The maximum Gasteiger partial charge on any atom is 0.136 e. The Morgan fingerprint density at radius 1 is 1.50 bits per heavy atom. The van der Waals surface area contributed by atoms with Gasteiger partial charge in [0.1, 0.15) is 5.78 Å². The molecule has 3 aliphatic carbocycles. The SMILES string of the molecule is CCC1C(=O)CC2CC1C2(C)C. The summed E-state index contributed by atoms with van der Waals surface area (Å²) in [6, 6.07) is 0. The predicted molar refractivity (Wildman–Crippen MR) is 48.8 cm³/mol. The van der Waals surface area contributed by atoms with Gasteiger partial charge in [0.15, 0.2) is 0 Å². The Morgan fingerprint density at radius 3 is 2.58 bits per heavy atom. The number of Topliss-reactive ketones (excluding diaryl/α,β-unsaturated/α-hetero) is 1. The molecule has 0 heterocycles. The third kappa shape index (κ3) is 0.826. The van der Waals surface area contributed by atoms with Crippen LogP contribution in [0, 0.1) is 23.2 Å². The van der Waals surface area contributed by atoms with Crippen LogP contribution in [0.2, 0.25) is 0 Å². The fraction of sp³-hybridized carbons (Fsp3) is 0.909. The molecule has 0 spiro atoms. The highest BCUT2D eigenvalue weighted by Gasteiger charge is 2.56. The van der Waals surface area contributed by atoms with E-state index in [1.165, 1.54) is 6.42 Å². The Morgan fingerprint density at radius 2 is 2.17 bits per heavy atom. The van der Waals surface area contributed by atoms with Crippen molar-refractivity contribution in [3.8, 4) is 0 Å². The van der Waals surface area contributed by atoms with E-state index in [1.807, 2.05) is 0 Å². The van der Waals surface area contributed by atoms with Crippen molar-refractivity contribution in [3.63, 3.8) is 0 Å². The Kier molecular flexibility index (Phi) is 1.61. The lowest BCUT2D eigenvalue weighted by Gasteiger charge is -2.59. The van der Waals surface area contributed by atoms with E-state index in [2.05, 4.69) is 20.8 Å². The lowest BCUT2D eigenvalue weighted by Crippen LogP contribution is -2.55. The molecule has 2 bridgehead atoms. The quantitative estimate of drug-likeness (QED) is 0.585. The molecule has 0 radical (unpaired) electrons. The molecular weight excluding hydrogens is 148 g/mol. The third-order valence-corrected chi connectivity index (χ3v) is 4.33. The predicted octanol–water partition coefficient (Wildman–Crippen LogP) is 2.65. The van der Waals surface area contributed by atoms with Crippen molar-refractivity contribution in [3.05, 3.63) is 0 Å². The molecule has 3 saturated carbocycles. The number of hydrogen-bond acceptors (Lipinski definition) is 1. The highest BCUT2D eigenvalue weighted by atomic mass is 16.1. The number of carbonyl (C=O) groups is 1. The zero-order valence-corrected chi connectivity index (χ0v) is 8.26. The zero-order valence-electron chi connectivity index (χ0n) is 8.26. The molecule has 1 heteroatoms. The standard InChI is InChI=1S/C11H18O/c1-4-8-9-5-7(6-10(8)12)11(9,2)3/h7-9H,4-6H2,1-3H3. The van der Waals surface area contributed by atoms with Crippen LogP contribution in [-0.4, -0.2) is 5.78 Å². The minimum absolute atomic E-state index is 0.394. The molecule has 1 nitrogen and oxygen atoms in total. The third-order valence-electron chi connectivity index (χ3n) is 4.33. The maximum atomic E-state index is 11.6. The van der Waals surface area contributed by atoms with Gasteiger partial charge >= 0.3 is 0 Å². The van der Waals surface area contributed by atoms with Crippen molar-refractivity contribution < 1.29 is 4.79 Å². The van der Waals surface area contributed by atoms with Crippen molar-refractivity contribution >= 4 is 5.78 Å². The molecule has 0 aromatic heterocycles. The summed E-state index contributed by atoms with van der Waals surface area (Å²) in [6.45, 7) is 6.82. The van der Waals surface area contributed by atoms with Crippen LogP contribution < -0.4 is 0 Å². The molecule has 0 amide bonds. The van der Waals surface area contributed by atoms with E-state index in [1.54, 1.807) is 0 Å². The van der Waals surface area contributed by atoms with Crippen LogP contribution in [0.5, 0.6) is 0 Å². The number of fused-ring (bicyclic) bond motifs is 2. The molecule has 3 fully saturated rings. The van der Waals surface area contributed by atoms with Gasteiger partial charge in [0.2, 0.25) is 0 Å². The van der Waals surface area contributed by atoms with E-state index >= 15 is 0 Å². The van der Waals surface area contributed by atoms with Crippen LogP contribution in [0.4, 0.5) is 0 Å². The molecule has 0 aromatic rings. The van der Waals surface area contributed by atoms with E-state index < -0.39 is 0 Å². The van der Waals surface area contributed by atoms with Gasteiger partial charge in [-0.05, 0) is 30.1 Å². The van der Waals surface area contributed by atoms with Crippen LogP contribution >= 0.6 is 0 Å². The molecule has 0 N–H and O–H groups in total. The highest BCUT2D eigenvalue weighted by molar-refractivity contribution is 5.83. The maximum absolute atomic E-state index is 11.6. The molecule has 3 aliphatic rings. The fourth-order valence-corrected chi connectivity index (χ4v) is 3.22. The van der Waals surface area contributed by atoms with Crippen molar-refractivity contribution in [2.75, 3.05) is 0 Å². The van der Waals surface area contributed by atoms with E-state index in [0.29, 0.717) is 29.0 Å². The molecule has 68 valence electrons. The molecule has 12 heavy (non-hydrogen) atoms. The minimum Gasteiger partial charge on any atom is -0.299 e. The van der Waals surface area contributed by atoms with Crippen molar-refractivity contribution in [1.82, 2.24) is 0 Å². The van der Waals surface area contributed by atoms with Crippen molar-refractivity contribution in [2.45, 2.75) is 40.0 Å². The summed E-state index contributed by atoms with van der Waals surface area (Å²) in [4.78, 5) is 11.6. The summed E-state index contributed by atoms with van der Waals surface area (Å²) in [5.41, 5.74) is 0.467. The zero-order chi connectivity index (χ0) is 8.93. The average Bonchev–Trinajstić information content (AvgIpc) is 2.03. The van der Waals surface area contributed by atoms with Gasteiger partial charge in [-0.1, -0.05) is 20.8 Å². The smallest absolute Gasteiger partial charge is 0.136 e. The second-order valence-corrected chi connectivity index (χ2v) is 5.05. The van der Waals surface area contributed by atoms with E-state index in [9.17, 15) is 4.79 Å². The molecule has 3 unspecified atom stereocenters. The first-order valence-electron chi connectivity index (χ1n) is 5.10. The number of hydrogen-bond donors (Lipinski definition) is 0. The van der Waals surface area contributed by atoms with Gasteiger partial charge in [0.05, 0.1) is 0 Å². The van der Waals surface area contributed by atoms with Crippen LogP contribution in [0.3, 0.4) is 0 Å². The second-order valence-electron chi connectivity index (χ2n) is 5.05. The first-order valence-corrected chi connectivity index (χ1v) is 5.10. The Balaban J connectivity index is 2.20. The Bertz CT molecular complexity index is 217. The number of rotatable bonds is 1. The van der Waals surface area contributed by atoms with Crippen LogP contribution in [0.15, 0.2) is 0 Å². The lowest BCUT2D eigenvalue weighted by molar-refractivity contribution is -0.154. The first kappa shape index (κ1) is 8.28. The summed E-state index contributed by atoms with van der Waals surface area (Å²) in [5.74, 6) is 2.34. The topological polar surface area (TPSA) is 17.1 Å².